The van der Waals surface area contributed by atoms with Gasteiger partial charge >= 0.3 is 0 Å². The van der Waals surface area contributed by atoms with Crippen molar-refractivity contribution in [1.82, 2.24) is 4.90 Å². The molecule has 2 aliphatic carbocycles. The molecule has 1 heterocycles. The predicted molar refractivity (Wildman–Crippen MR) is 120 cm³/mol. The van der Waals surface area contributed by atoms with Gasteiger partial charge in [0.15, 0.2) is 5.78 Å². The van der Waals surface area contributed by atoms with E-state index in [1.807, 2.05) is 19.1 Å². The van der Waals surface area contributed by atoms with Crippen molar-refractivity contribution in [2.45, 2.75) is 38.1 Å². The number of methoxy groups -OCH3 is 1. The number of likely N-dealkylation sites (N-methyl/N-ethyl adjacent to an activating group) is 1. The van der Waals surface area contributed by atoms with Gasteiger partial charge in [0.1, 0.15) is 11.6 Å². The van der Waals surface area contributed by atoms with Crippen LogP contribution in [-0.4, -0.2) is 55.9 Å². The number of carbonyl (C=O) groups is 1. The molecule has 0 saturated carbocycles. The third-order valence-corrected chi connectivity index (χ3v) is 7.38. The number of halogens is 2. The second-order valence-electron chi connectivity index (χ2n) is 8.94. The fourth-order valence-corrected chi connectivity index (χ4v) is 4.93. The molecule has 4 unspecified atom stereocenters. The van der Waals surface area contributed by atoms with Crippen LogP contribution >= 0.6 is 11.6 Å². The summed E-state index contributed by atoms with van der Waals surface area (Å²) in [5, 5.41) is -0.331. The lowest BCUT2D eigenvalue weighted by molar-refractivity contribution is 0.0936. The average Bonchev–Trinajstić information content (AvgIpc) is 3.02. The highest BCUT2D eigenvalue weighted by atomic mass is 35.5. The van der Waals surface area contributed by atoms with Crippen LogP contribution in [0, 0.1) is 11.8 Å². The van der Waals surface area contributed by atoms with Crippen LogP contribution in [0.5, 0.6) is 5.75 Å². The van der Waals surface area contributed by atoms with E-state index in [2.05, 4.69) is 29.8 Å². The Labute approximate surface area is 183 Å². The van der Waals surface area contributed by atoms with Crippen LogP contribution in [0.1, 0.15) is 36.2 Å². The lowest BCUT2D eigenvalue weighted by Gasteiger charge is -2.39. The SMILES string of the molecule is COc1cc2c(cc1N1CCN(C)C(C)C1)CC(CC1=CC(C)C(Cl)C=C1F)C2=O. The third-order valence-electron chi connectivity index (χ3n) is 6.85. The van der Waals surface area contributed by atoms with Crippen LogP contribution in [0.15, 0.2) is 35.7 Å². The van der Waals surface area contributed by atoms with E-state index in [9.17, 15) is 9.18 Å². The smallest absolute Gasteiger partial charge is 0.167 e. The number of fused-ring (bicyclic) bond motifs is 1. The number of Topliss-reactive ketones (excluding diaryl/α,β-unsaturated/α-hetero) is 1. The molecular formula is C24H30ClFN2O2. The van der Waals surface area contributed by atoms with Gasteiger partial charge in [0.25, 0.3) is 0 Å². The zero-order chi connectivity index (χ0) is 21.6. The lowest BCUT2D eigenvalue weighted by Crippen LogP contribution is -2.50. The zero-order valence-corrected chi connectivity index (χ0v) is 18.9. The first-order valence-corrected chi connectivity index (χ1v) is 11.1. The molecule has 0 aromatic heterocycles. The van der Waals surface area contributed by atoms with E-state index < -0.39 is 0 Å². The molecule has 162 valence electrons. The van der Waals surface area contributed by atoms with E-state index in [4.69, 9.17) is 16.3 Å². The molecule has 0 radical (unpaired) electrons. The Hall–Kier alpha value is -1.85. The Morgan fingerprint density at radius 2 is 2.00 bits per heavy atom. The van der Waals surface area contributed by atoms with E-state index in [1.165, 1.54) is 6.08 Å². The molecule has 0 bridgehead atoms. The third kappa shape index (κ3) is 3.90. The summed E-state index contributed by atoms with van der Waals surface area (Å²) in [5.74, 6) is 0.348. The van der Waals surface area contributed by atoms with Crippen molar-refractivity contribution in [3.8, 4) is 5.75 Å². The minimum absolute atomic E-state index is 0.0611. The molecule has 1 aromatic carbocycles. The molecule has 30 heavy (non-hydrogen) atoms. The molecule has 4 rings (SSSR count). The van der Waals surface area contributed by atoms with Crippen molar-refractivity contribution in [2.75, 3.05) is 38.7 Å². The van der Waals surface area contributed by atoms with Crippen molar-refractivity contribution < 1.29 is 13.9 Å². The lowest BCUT2D eigenvalue weighted by atomic mass is 9.89. The quantitative estimate of drug-likeness (QED) is 0.650. The molecule has 0 spiro atoms. The number of hydrogen-bond donors (Lipinski definition) is 0. The molecule has 1 fully saturated rings. The number of rotatable bonds is 4. The molecule has 1 saturated heterocycles. The number of nitrogens with zero attached hydrogens (tertiary/aromatic N) is 2. The molecular weight excluding hydrogens is 403 g/mol. The summed E-state index contributed by atoms with van der Waals surface area (Å²) in [6.45, 7) is 7.03. The highest BCUT2D eigenvalue weighted by Gasteiger charge is 2.35. The summed E-state index contributed by atoms with van der Waals surface area (Å²) in [6.07, 6.45) is 4.38. The largest absolute Gasteiger partial charge is 0.495 e. The van der Waals surface area contributed by atoms with Gasteiger partial charge in [-0.1, -0.05) is 13.0 Å². The molecule has 1 aliphatic heterocycles. The van der Waals surface area contributed by atoms with E-state index in [-0.39, 0.29) is 28.8 Å². The van der Waals surface area contributed by atoms with Gasteiger partial charge in [-0.25, -0.2) is 4.39 Å². The fraction of sp³-hybridized carbons (Fsp3) is 0.542. The first-order chi connectivity index (χ1) is 14.3. The Morgan fingerprint density at radius 1 is 1.23 bits per heavy atom. The Kier molecular flexibility index (Phi) is 5.95. The molecule has 0 N–H and O–H groups in total. The van der Waals surface area contributed by atoms with Gasteiger partial charge in [-0.15, -0.1) is 11.6 Å². The Morgan fingerprint density at radius 3 is 2.70 bits per heavy atom. The summed E-state index contributed by atoms with van der Waals surface area (Å²) in [6, 6.07) is 4.45. The second-order valence-corrected chi connectivity index (χ2v) is 9.44. The average molecular weight is 433 g/mol. The molecule has 3 aliphatic rings. The topological polar surface area (TPSA) is 32.8 Å². The van der Waals surface area contributed by atoms with Crippen LogP contribution in [0.4, 0.5) is 10.1 Å². The van der Waals surface area contributed by atoms with Crippen molar-refractivity contribution in [3.05, 3.63) is 46.8 Å². The van der Waals surface area contributed by atoms with Gasteiger partial charge in [0.2, 0.25) is 0 Å². The van der Waals surface area contributed by atoms with Crippen LogP contribution in [0.2, 0.25) is 0 Å². The maximum Gasteiger partial charge on any atom is 0.167 e. The Bertz CT molecular complexity index is 913. The molecule has 0 amide bonds. The second kappa shape index (κ2) is 8.35. The maximum absolute atomic E-state index is 14.4. The molecule has 4 atom stereocenters. The van der Waals surface area contributed by atoms with Gasteiger partial charge in [-0.05, 0) is 62.1 Å². The number of piperazine rings is 1. The number of anilines is 1. The summed E-state index contributed by atoms with van der Waals surface area (Å²) in [5.41, 5.74) is 3.40. The number of alkyl halides is 1. The fourth-order valence-electron chi connectivity index (χ4n) is 4.75. The number of ketones is 1. The molecule has 4 nitrogen and oxygen atoms in total. The summed E-state index contributed by atoms with van der Waals surface area (Å²) in [4.78, 5) is 17.8. The Balaban J connectivity index is 1.57. The van der Waals surface area contributed by atoms with Crippen LogP contribution < -0.4 is 9.64 Å². The van der Waals surface area contributed by atoms with Crippen LogP contribution in [0.3, 0.4) is 0 Å². The van der Waals surface area contributed by atoms with Crippen LogP contribution in [0.25, 0.3) is 0 Å². The molecule has 6 heteroatoms. The summed E-state index contributed by atoms with van der Waals surface area (Å²) >= 11 is 6.14. The van der Waals surface area contributed by atoms with Gasteiger partial charge < -0.3 is 14.5 Å². The number of hydrogen-bond acceptors (Lipinski definition) is 4. The van der Waals surface area contributed by atoms with Gasteiger partial charge in [-0.2, -0.15) is 0 Å². The first-order valence-electron chi connectivity index (χ1n) is 10.7. The van der Waals surface area contributed by atoms with E-state index in [0.29, 0.717) is 30.0 Å². The van der Waals surface area contributed by atoms with E-state index in [0.717, 1.165) is 36.6 Å². The maximum atomic E-state index is 14.4. The first kappa shape index (κ1) is 21.4. The van der Waals surface area contributed by atoms with Gasteiger partial charge in [-0.3, -0.25) is 4.79 Å². The highest BCUT2D eigenvalue weighted by Crippen LogP contribution is 2.41. The number of carbonyl (C=O) groups excluding carboxylic acids is 1. The normalized spacial score (nSPS) is 29.5. The minimum atomic E-state index is -0.331. The minimum Gasteiger partial charge on any atom is -0.495 e. The van der Waals surface area contributed by atoms with E-state index in [1.54, 1.807) is 7.11 Å². The van der Waals surface area contributed by atoms with Crippen molar-refractivity contribution in [2.24, 2.45) is 11.8 Å². The predicted octanol–water partition coefficient (Wildman–Crippen LogP) is 4.62. The monoisotopic (exact) mass is 432 g/mol. The molecule has 1 aromatic rings. The number of allylic oxidation sites excluding steroid dienone is 4. The van der Waals surface area contributed by atoms with Crippen LogP contribution in [-0.2, 0) is 6.42 Å². The van der Waals surface area contributed by atoms with Crippen molar-refractivity contribution in [1.29, 1.82) is 0 Å². The summed E-state index contributed by atoms with van der Waals surface area (Å²) in [7, 11) is 3.80. The van der Waals surface area contributed by atoms with Crippen molar-refractivity contribution >= 4 is 23.1 Å². The summed E-state index contributed by atoms with van der Waals surface area (Å²) < 4.78 is 20.1. The van der Waals surface area contributed by atoms with Crippen molar-refractivity contribution in [3.63, 3.8) is 0 Å². The number of benzene rings is 1. The number of ether oxygens (including phenoxy) is 1. The van der Waals surface area contributed by atoms with Gasteiger partial charge in [0, 0.05) is 37.2 Å². The zero-order valence-electron chi connectivity index (χ0n) is 18.1. The van der Waals surface area contributed by atoms with E-state index >= 15 is 0 Å². The standard InChI is InChI=1S/C24H30ClFN2O2/c1-14-7-17(21(26)12-20(14)25)9-18-8-16-10-22(23(30-4)11-19(16)24(18)29)28-6-5-27(3)15(2)13-28/h7,10-12,14-15,18,20H,5-6,8-9,13H2,1-4H3. The van der Waals surface area contributed by atoms with Gasteiger partial charge in [0.05, 0.1) is 18.2 Å². The highest BCUT2D eigenvalue weighted by molar-refractivity contribution is 6.22.